The highest BCUT2D eigenvalue weighted by molar-refractivity contribution is 5.66. The zero-order valence-corrected chi connectivity index (χ0v) is 28.8. The summed E-state index contributed by atoms with van der Waals surface area (Å²) >= 11 is 0. The molecule has 0 N–H and O–H groups in total. The van der Waals surface area contributed by atoms with Crippen molar-refractivity contribution in [3.05, 3.63) is 156 Å². The molecule has 4 aromatic carbocycles. The molecule has 7 heteroatoms. The van der Waals surface area contributed by atoms with Crippen molar-refractivity contribution in [1.82, 2.24) is 0 Å². The molecule has 8 atom stereocenters. The normalized spacial score (nSPS) is 25.9. The number of carbonyl (C=O) groups is 1. The van der Waals surface area contributed by atoms with Crippen molar-refractivity contribution in [2.75, 3.05) is 13.2 Å². The third kappa shape index (κ3) is 9.36. The van der Waals surface area contributed by atoms with Gasteiger partial charge in [-0.3, -0.25) is 4.79 Å². The van der Waals surface area contributed by atoms with Gasteiger partial charge in [-0.1, -0.05) is 127 Å². The summed E-state index contributed by atoms with van der Waals surface area (Å²) in [7, 11) is 0. The Labute approximate surface area is 296 Å². The Morgan fingerprint density at radius 2 is 1.04 bits per heavy atom. The molecule has 0 radical (unpaired) electrons. The van der Waals surface area contributed by atoms with Gasteiger partial charge in [0.2, 0.25) is 0 Å². The van der Waals surface area contributed by atoms with Crippen LogP contribution in [0.2, 0.25) is 0 Å². The van der Waals surface area contributed by atoms with E-state index in [4.69, 9.17) is 28.4 Å². The summed E-state index contributed by atoms with van der Waals surface area (Å²) in [6.07, 6.45) is 0.0685. The van der Waals surface area contributed by atoms with E-state index in [9.17, 15) is 4.79 Å². The number of benzene rings is 4. The van der Waals surface area contributed by atoms with Gasteiger partial charge >= 0.3 is 5.97 Å². The first-order valence-corrected chi connectivity index (χ1v) is 17.6. The zero-order chi connectivity index (χ0) is 34.5. The van der Waals surface area contributed by atoms with Gasteiger partial charge in [-0.15, -0.1) is 6.58 Å². The van der Waals surface area contributed by atoms with Crippen LogP contribution in [0.15, 0.2) is 134 Å². The third-order valence-electron chi connectivity index (χ3n) is 9.70. The fourth-order valence-electron chi connectivity index (χ4n) is 7.60. The fraction of sp³-hybridized carbons (Fsp3) is 0.372. The first-order valence-electron chi connectivity index (χ1n) is 17.6. The van der Waals surface area contributed by atoms with Crippen LogP contribution in [0.25, 0.3) is 0 Å². The Balaban J connectivity index is 1.38. The summed E-state index contributed by atoms with van der Waals surface area (Å²) in [6, 6.07) is 40.7. The largest absolute Gasteiger partial charge is 0.460 e. The van der Waals surface area contributed by atoms with E-state index in [0.717, 1.165) is 22.3 Å². The van der Waals surface area contributed by atoms with E-state index >= 15 is 0 Å². The van der Waals surface area contributed by atoms with Crippen LogP contribution >= 0.6 is 0 Å². The van der Waals surface area contributed by atoms with E-state index < -0.39 is 24.4 Å². The molecule has 0 amide bonds. The first-order chi connectivity index (χ1) is 24.6. The minimum absolute atomic E-state index is 0.0365. The van der Waals surface area contributed by atoms with Crippen molar-refractivity contribution >= 4 is 5.97 Å². The number of hydrogen-bond donors (Lipinski definition) is 0. The van der Waals surface area contributed by atoms with Gasteiger partial charge in [0.15, 0.2) is 0 Å². The predicted molar refractivity (Wildman–Crippen MR) is 192 cm³/mol. The average Bonchev–Trinajstić information content (AvgIpc) is 3.46. The molecule has 0 heterocycles. The quantitative estimate of drug-likeness (QED) is 0.0838. The van der Waals surface area contributed by atoms with E-state index in [-0.39, 0.29) is 29.8 Å². The lowest BCUT2D eigenvalue weighted by molar-refractivity contribution is -0.186. The average molecular weight is 677 g/mol. The lowest BCUT2D eigenvalue weighted by Crippen LogP contribution is -2.53. The van der Waals surface area contributed by atoms with Crippen LogP contribution in [0.5, 0.6) is 0 Å². The Morgan fingerprint density at radius 1 is 0.600 bits per heavy atom. The van der Waals surface area contributed by atoms with Gasteiger partial charge in [0.05, 0.1) is 51.8 Å². The summed E-state index contributed by atoms with van der Waals surface area (Å²) in [6.45, 7) is 7.78. The first kappa shape index (κ1) is 35.7. The van der Waals surface area contributed by atoms with Crippen molar-refractivity contribution in [2.45, 2.75) is 70.3 Å². The second kappa shape index (κ2) is 18.2. The molecule has 0 aliphatic heterocycles. The van der Waals surface area contributed by atoms with Gasteiger partial charge in [0.25, 0.3) is 0 Å². The third-order valence-corrected chi connectivity index (χ3v) is 9.70. The van der Waals surface area contributed by atoms with Crippen LogP contribution in [0.4, 0.5) is 0 Å². The molecule has 6 rings (SSSR count). The molecule has 2 fully saturated rings. The molecule has 2 aliphatic carbocycles. The smallest absolute Gasteiger partial charge is 0.302 e. The Bertz CT molecular complexity index is 1580. The van der Waals surface area contributed by atoms with Gasteiger partial charge in [-0.2, -0.15) is 0 Å². The highest BCUT2D eigenvalue weighted by Crippen LogP contribution is 2.51. The van der Waals surface area contributed by atoms with E-state index in [1.54, 1.807) is 6.08 Å². The van der Waals surface area contributed by atoms with Crippen LogP contribution in [-0.2, 0) is 59.6 Å². The number of esters is 1. The van der Waals surface area contributed by atoms with E-state index in [1.165, 1.54) is 6.92 Å². The lowest BCUT2D eigenvalue weighted by Gasteiger charge is -2.45. The van der Waals surface area contributed by atoms with E-state index in [0.29, 0.717) is 46.1 Å². The maximum absolute atomic E-state index is 12.6. The molecule has 2 aliphatic rings. The minimum Gasteiger partial charge on any atom is -0.460 e. The number of hydrogen-bond acceptors (Lipinski definition) is 7. The van der Waals surface area contributed by atoms with Crippen molar-refractivity contribution in [3.8, 4) is 0 Å². The second-order valence-corrected chi connectivity index (χ2v) is 13.2. The van der Waals surface area contributed by atoms with Gasteiger partial charge in [0.1, 0.15) is 18.3 Å². The predicted octanol–water partition coefficient (Wildman–Crippen LogP) is 7.73. The summed E-state index contributed by atoms with van der Waals surface area (Å²) in [5.41, 5.74) is 4.29. The van der Waals surface area contributed by atoms with Crippen molar-refractivity contribution < 1.29 is 33.2 Å². The fourth-order valence-corrected chi connectivity index (χ4v) is 7.60. The van der Waals surface area contributed by atoms with Gasteiger partial charge in [-0.05, 0) is 34.6 Å². The van der Waals surface area contributed by atoms with Gasteiger partial charge in [-0.25, -0.2) is 0 Å². The lowest BCUT2D eigenvalue weighted by atomic mass is 9.69. The molecular formula is C43H48O7. The molecule has 0 bridgehead atoms. The number of ether oxygens (including phenoxy) is 6. The van der Waals surface area contributed by atoms with Crippen LogP contribution in [-0.4, -0.2) is 49.7 Å². The van der Waals surface area contributed by atoms with Gasteiger partial charge < -0.3 is 28.4 Å². The molecule has 50 heavy (non-hydrogen) atoms. The molecule has 0 unspecified atom stereocenters. The minimum atomic E-state index is -0.510. The number of carbonyl (C=O) groups excluding carboxylic acids is 1. The molecule has 7 nitrogen and oxygen atoms in total. The standard InChI is InChI=1S/C43H48O7/c1-3-24-46-40-37(50-31(2)44)25-36(30-45-26-32-16-8-4-9-17-32)38-39(40)42(48-28-34-20-12-6-13-21-34)43(49-29-35-22-14-7-15-23-35)41(38)47-27-33-18-10-5-11-19-33/h3-23,36-43H,1,24-30H2,2H3/t36-,37+,38-,39+,40+,41+,42-,43-/m1/s1. The van der Waals surface area contributed by atoms with Crippen LogP contribution in [0, 0.1) is 17.8 Å². The second-order valence-electron chi connectivity index (χ2n) is 13.2. The van der Waals surface area contributed by atoms with Crippen molar-refractivity contribution in [2.24, 2.45) is 17.8 Å². The molecule has 0 spiro atoms. The number of fused-ring (bicyclic) bond motifs is 1. The summed E-state index contributed by atoms with van der Waals surface area (Å²) in [5, 5.41) is 0. The molecule has 0 saturated heterocycles. The maximum Gasteiger partial charge on any atom is 0.302 e. The molecule has 0 aromatic heterocycles. The SMILES string of the molecule is C=CCO[C@@H]1[C@H]2[C@@H](OCc3ccccc3)[C@H](OCc3ccccc3)[C@@H](OCc3ccccc3)[C@@H]2[C@@H](COCc2ccccc2)C[C@@H]1OC(C)=O. The number of rotatable bonds is 17. The summed E-state index contributed by atoms with van der Waals surface area (Å²) in [4.78, 5) is 12.6. The highest BCUT2D eigenvalue weighted by atomic mass is 16.6. The summed E-state index contributed by atoms with van der Waals surface area (Å²) < 4.78 is 39.9. The zero-order valence-electron chi connectivity index (χ0n) is 28.8. The Kier molecular flexibility index (Phi) is 13.0. The monoisotopic (exact) mass is 676 g/mol. The molecule has 4 aromatic rings. The highest BCUT2D eigenvalue weighted by Gasteiger charge is 2.62. The van der Waals surface area contributed by atoms with E-state index in [1.807, 2.05) is 72.8 Å². The van der Waals surface area contributed by atoms with Gasteiger partial charge in [0, 0.05) is 18.8 Å². The van der Waals surface area contributed by atoms with Crippen LogP contribution in [0.3, 0.4) is 0 Å². The topological polar surface area (TPSA) is 72.5 Å². The molecule has 2 saturated carbocycles. The Hall–Kier alpha value is -4.11. The molecular weight excluding hydrogens is 628 g/mol. The van der Waals surface area contributed by atoms with Crippen LogP contribution < -0.4 is 0 Å². The van der Waals surface area contributed by atoms with Crippen molar-refractivity contribution in [1.29, 1.82) is 0 Å². The summed E-state index contributed by atoms with van der Waals surface area (Å²) in [5.74, 6) is -0.704. The maximum atomic E-state index is 12.6. The molecule has 262 valence electrons. The Morgan fingerprint density at radius 3 is 1.50 bits per heavy atom. The van der Waals surface area contributed by atoms with E-state index in [2.05, 4.69) is 55.1 Å². The van der Waals surface area contributed by atoms with Crippen molar-refractivity contribution in [3.63, 3.8) is 0 Å². The van der Waals surface area contributed by atoms with Crippen LogP contribution in [0.1, 0.15) is 35.6 Å².